The summed E-state index contributed by atoms with van der Waals surface area (Å²) in [5.41, 5.74) is 3.08. The van der Waals surface area contributed by atoms with Crippen molar-refractivity contribution in [3.63, 3.8) is 0 Å². The number of nitrogens with one attached hydrogen (secondary N) is 2. The predicted octanol–water partition coefficient (Wildman–Crippen LogP) is 7.01. The number of ether oxygens (including phenoxy) is 1. The first kappa shape index (κ1) is 33.9. The monoisotopic (exact) mass is 565 g/mol. The minimum absolute atomic E-state index is 0.132. The second-order valence-electron chi connectivity index (χ2n) is 12.4. The quantitative estimate of drug-likeness (QED) is 0.241. The van der Waals surface area contributed by atoms with E-state index in [4.69, 9.17) is 4.74 Å². The SMILES string of the molecule is CCCCCCN(C(=O)C(CC(C)C)NC(=O)OC(C)(C)C)C(C(=O)NCc1ccccc1)c1cc(C)cc(C)c1. The first-order chi connectivity index (χ1) is 19.3. The first-order valence-corrected chi connectivity index (χ1v) is 15.0. The summed E-state index contributed by atoms with van der Waals surface area (Å²) in [4.78, 5) is 42.9. The molecule has 0 fully saturated rings. The van der Waals surface area contributed by atoms with Crippen molar-refractivity contribution in [1.82, 2.24) is 15.5 Å². The summed E-state index contributed by atoms with van der Waals surface area (Å²) in [7, 11) is 0. The highest BCUT2D eigenvalue weighted by Gasteiger charge is 2.36. The van der Waals surface area contributed by atoms with E-state index in [2.05, 4.69) is 23.6 Å². The molecule has 0 aliphatic carbocycles. The molecule has 3 amide bonds. The van der Waals surface area contributed by atoms with Crippen molar-refractivity contribution in [2.45, 2.75) is 112 Å². The van der Waals surface area contributed by atoms with Crippen LogP contribution in [0.25, 0.3) is 0 Å². The van der Waals surface area contributed by atoms with Gasteiger partial charge < -0.3 is 20.3 Å². The molecule has 2 N–H and O–H groups in total. The molecule has 0 saturated heterocycles. The molecule has 0 bridgehead atoms. The van der Waals surface area contributed by atoms with Gasteiger partial charge >= 0.3 is 6.09 Å². The van der Waals surface area contributed by atoms with Crippen LogP contribution in [-0.4, -0.2) is 41.0 Å². The van der Waals surface area contributed by atoms with Crippen LogP contribution in [-0.2, 0) is 20.9 Å². The minimum Gasteiger partial charge on any atom is -0.444 e. The van der Waals surface area contributed by atoms with Crippen LogP contribution in [0.3, 0.4) is 0 Å². The second kappa shape index (κ2) is 16.2. The van der Waals surface area contributed by atoms with Crippen molar-refractivity contribution >= 4 is 17.9 Å². The van der Waals surface area contributed by atoms with Gasteiger partial charge in [-0.25, -0.2) is 4.79 Å². The summed E-state index contributed by atoms with van der Waals surface area (Å²) in [5, 5.41) is 5.91. The van der Waals surface area contributed by atoms with E-state index in [1.54, 1.807) is 25.7 Å². The van der Waals surface area contributed by atoms with Gasteiger partial charge in [-0.05, 0) is 64.5 Å². The van der Waals surface area contributed by atoms with E-state index in [0.717, 1.165) is 47.9 Å². The van der Waals surface area contributed by atoms with Crippen LogP contribution in [0.2, 0.25) is 0 Å². The molecule has 7 heteroatoms. The molecule has 2 aromatic rings. The fraction of sp³-hybridized carbons (Fsp3) is 0.559. The van der Waals surface area contributed by atoms with Crippen LogP contribution < -0.4 is 10.6 Å². The Hall–Kier alpha value is -3.35. The Kier molecular flexibility index (Phi) is 13.4. The highest BCUT2D eigenvalue weighted by atomic mass is 16.6. The smallest absolute Gasteiger partial charge is 0.408 e. The predicted molar refractivity (Wildman–Crippen MR) is 165 cm³/mol. The van der Waals surface area contributed by atoms with Gasteiger partial charge in [-0.15, -0.1) is 0 Å². The number of benzene rings is 2. The Morgan fingerprint density at radius 1 is 0.927 bits per heavy atom. The van der Waals surface area contributed by atoms with Crippen LogP contribution in [0.4, 0.5) is 4.79 Å². The standard InChI is InChI=1S/C34H51N3O4/c1-9-10-11-15-18-37(32(39)29(19-24(2)3)36-33(40)41-34(6,7)8)30(28-21-25(4)20-26(5)22-28)31(38)35-23-27-16-13-12-14-17-27/h12-14,16-17,20-22,24,29-30H,9-11,15,18-19,23H2,1-8H3,(H,35,38)(H,36,40). The molecule has 0 heterocycles. The highest BCUT2D eigenvalue weighted by Crippen LogP contribution is 2.27. The second-order valence-corrected chi connectivity index (χ2v) is 12.4. The number of rotatable bonds is 14. The molecule has 2 unspecified atom stereocenters. The number of amides is 3. The molecule has 0 aliphatic heterocycles. The van der Waals surface area contributed by atoms with Gasteiger partial charge in [0, 0.05) is 13.1 Å². The van der Waals surface area contributed by atoms with Crippen molar-refractivity contribution in [2.24, 2.45) is 5.92 Å². The molecule has 2 rings (SSSR count). The van der Waals surface area contributed by atoms with E-state index in [9.17, 15) is 14.4 Å². The zero-order valence-corrected chi connectivity index (χ0v) is 26.4. The summed E-state index contributed by atoms with van der Waals surface area (Å²) in [6.07, 6.45) is 3.59. The van der Waals surface area contributed by atoms with Gasteiger partial charge in [0.05, 0.1) is 0 Å². The number of carbonyl (C=O) groups is 3. The molecule has 2 atom stereocenters. The van der Waals surface area contributed by atoms with Crippen LogP contribution in [0.1, 0.15) is 102 Å². The number of unbranched alkanes of at least 4 members (excludes halogenated alkanes) is 3. The molecule has 0 aliphatic rings. The van der Waals surface area contributed by atoms with Gasteiger partial charge in [-0.1, -0.05) is 99.7 Å². The lowest BCUT2D eigenvalue weighted by atomic mass is 9.96. The first-order valence-electron chi connectivity index (χ1n) is 15.0. The molecule has 0 radical (unpaired) electrons. The van der Waals surface area contributed by atoms with Gasteiger partial charge in [0.1, 0.15) is 17.7 Å². The molecule has 226 valence electrons. The van der Waals surface area contributed by atoms with Crippen LogP contribution in [0, 0.1) is 19.8 Å². The number of nitrogens with zero attached hydrogens (tertiary/aromatic N) is 1. The molecule has 41 heavy (non-hydrogen) atoms. The lowest BCUT2D eigenvalue weighted by molar-refractivity contribution is -0.143. The third kappa shape index (κ3) is 12.0. The molecule has 0 aromatic heterocycles. The fourth-order valence-corrected chi connectivity index (χ4v) is 4.94. The van der Waals surface area contributed by atoms with Crippen molar-refractivity contribution in [3.05, 3.63) is 70.8 Å². The number of carbonyl (C=O) groups excluding carboxylic acids is 3. The zero-order chi connectivity index (χ0) is 30.6. The Labute approximate surface area is 247 Å². The Morgan fingerprint density at radius 3 is 2.12 bits per heavy atom. The van der Waals surface area contributed by atoms with Gasteiger partial charge in [0.15, 0.2) is 0 Å². The Bertz CT molecular complexity index is 1100. The fourth-order valence-electron chi connectivity index (χ4n) is 4.94. The molecular formula is C34H51N3O4. The maximum atomic E-state index is 14.4. The van der Waals surface area contributed by atoms with Crippen molar-refractivity contribution in [1.29, 1.82) is 0 Å². The minimum atomic E-state index is -0.846. The van der Waals surface area contributed by atoms with Crippen LogP contribution in [0.15, 0.2) is 48.5 Å². The number of hydrogen-bond donors (Lipinski definition) is 2. The van der Waals surface area contributed by atoms with Gasteiger partial charge in [0.25, 0.3) is 0 Å². The van der Waals surface area contributed by atoms with E-state index in [0.29, 0.717) is 19.5 Å². The largest absolute Gasteiger partial charge is 0.444 e. The average molecular weight is 566 g/mol. The average Bonchev–Trinajstić information content (AvgIpc) is 2.87. The van der Waals surface area contributed by atoms with Gasteiger partial charge in [-0.3, -0.25) is 9.59 Å². The number of alkyl carbamates (subject to hydrolysis) is 1. The van der Waals surface area contributed by atoms with E-state index < -0.39 is 23.8 Å². The van der Waals surface area contributed by atoms with E-state index >= 15 is 0 Å². The van der Waals surface area contributed by atoms with Gasteiger partial charge in [0.2, 0.25) is 11.8 Å². The van der Waals surface area contributed by atoms with Crippen molar-refractivity contribution < 1.29 is 19.1 Å². The lowest BCUT2D eigenvalue weighted by Crippen LogP contribution is -2.53. The van der Waals surface area contributed by atoms with Crippen molar-refractivity contribution in [2.75, 3.05) is 6.54 Å². The summed E-state index contributed by atoms with van der Waals surface area (Å²) in [6.45, 7) is 16.3. The maximum Gasteiger partial charge on any atom is 0.408 e. The van der Waals surface area contributed by atoms with Crippen LogP contribution in [0.5, 0.6) is 0 Å². The highest BCUT2D eigenvalue weighted by molar-refractivity contribution is 5.92. The van der Waals surface area contributed by atoms with Gasteiger partial charge in [-0.2, -0.15) is 0 Å². The summed E-state index contributed by atoms with van der Waals surface area (Å²) < 4.78 is 5.50. The van der Waals surface area contributed by atoms with Crippen LogP contribution >= 0.6 is 0 Å². The van der Waals surface area contributed by atoms with Crippen molar-refractivity contribution in [3.8, 4) is 0 Å². The normalized spacial score (nSPS) is 12.9. The zero-order valence-electron chi connectivity index (χ0n) is 26.4. The Morgan fingerprint density at radius 2 is 1.56 bits per heavy atom. The number of aryl methyl sites for hydroxylation is 2. The molecule has 7 nitrogen and oxygen atoms in total. The summed E-state index contributed by atoms with van der Waals surface area (Å²) >= 11 is 0. The van der Waals surface area contributed by atoms with E-state index in [-0.39, 0.29) is 17.7 Å². The Balaban J connectivity index is 2.52. The maximum absolute atomic E-state index is 14.4. The third-order valence-corrected chi connectivity index (χ3v) is 6.66. The van der Waals surface area contributed by atoms with E-state index in [1.807, 2.05) is 70.2 Å². The summed E-state index contributed by atoms with van der Waals surface area (Å²) in [6, 6.07) is 14.1. The molecular weight excluding hydrogens is 514 g/mol. The molecule has 0 spiro atoms. The third-order valence-electron chi connectivity index (χ3n) is 6.66. The van der Waals surface area contributed by atoms with E-state index in [1.165, 1.54) is 0 Å². The lowest BCUT2D eigenvalue weighted by Gasteiger charge is -2.35. The number of hydrogen-bond acceptors (Lipinski definition) is 4. The summed E-state index contributed by atoms with van der Waals surface area (Å²) in [5.74, 6) is -0.393. The molecule has 2 aromatic carbocycles. The molecule has 0 saturated carbocycles. The topological polar surface area (TPSA) is 87.7 Å².